The van der Waals surface area contributed by atoms with Crippen LogP contribution in [-0.4, -0.2) is 51.7 Å². The molecule has 7 nitrogen and oxygen atoms in total. The van der Waals surface area contributed by atoms with Crippen LogP contribution in [0.2, 0.25) is 0 Å². The summed E-state index contributed by atoms with van der Waals surface area (Å²) < 4.78 is 0. The van der Waals surface area contributed by atoms with Crippen molar-refractivity contribution in [1.82, 2.24) is 15.0 Å². The largest absolute Gasteiger partial charge is 0.478 e. The first-order valence-corrected chi connectivity index (χ1v) is 10.5. The minimum absolute atomic E-state index is 0.216. The fourth-order valence-electron chi connectivity index (χ4n) is 4.16. The first kappa shape index (κ1) is 20.8. The van der Waals surface area contributed by atoms with E-state index in [0.29, 0.717) is 0 Å². The van der Waals surface area contributed by atoms with Gasteiger partial charge in [-0.05, 0) is 45.4 Å². The van der Waals surface area contributed by atoms with Crippen LogP contribution in [0.15, 0.2) is 42.6 Å². The van der Waals surface area contributed by atoms with E-state index in [1.807, 2.05) is 19.9 Å². The molecular formula is C24H27N5O2. The Morgan fingerprint density at radius 2 is 1.90 bits per heavy atom. The second-order valence-electron chi connectivity index (χ2n) is 8.19. The summed E-state index contributed by atoms with van der Waals surface area (Å²) in [5, 5.41) is 9.18. The van der Waals surface area contributed by atoms with E-state index in [-0.39, 0.29) is 11.6 Å². The van der Waals surface area contributed by atoms with Gasteiger partial charge in [-0.25, -0.2) is 19.7 Å². The van der Waals surface area contributed by atoms with Gasteiger partial charge in [0, 0.05) is 43.5 Å². The fraction of sp³-hybridized carbons (Fsp3) is 0.333. The molecule has 1 saturated heterocycles. The summed E-state index contributed by atoms with van der Waals surface area (Å²) in [5.41, 5.74) is 4.32. The highest BCUT2D eigenvalue weighted by atomic mass is 16.4. The van der Waals surface area contributed by atoms with E-state index in [1.54, 1.807) is 6.07 Å². The van der Waals surface area contributed by atoms with Crippen LogP contribution in [-0.2, 0) is 0 Å². The van der Waals surface area contributed by atoms with Crippen molar-refractivity contribution >= 4 is 17.6 Å². The van der Waals surface area contributed by atoms with E-state index in [9.17, 15) is 9.90 Å². The van der Waals surface area contributed by atoms with Gasteiger partial charge in [-0.15, -0.1) is 0 Å². The monoisotopic (exact) mass is 417 g/mol. The first-order chi connectivity index (χ1) is 14.8. The van der Waals surface area contributed by atoms with E-state index in [4.69, 9.17) is 4.98 Å². The molecule has 3 heterocycles. The predicted molar refractivity (Wildman–Crippen MR) is 122 cm³/mol. The molecule has 160 valence electrons. The van der Waals surface area contributed by atoms with Gasteiger partial charge in [0.05, 0.1) is 11.3 Å². The molecule has 0 saturated carbocycles. The second-order valence-corrected chi connectivity index (χ2v) is 8.19. The van der Waals surface area contributed by atoms with Crippen molar-refractivity contribution in [3.05, 3.63) is 65.1 Å². The molecular weight excluding hydrogens is 390 g/mol. The number of hydrogen-bond donors (Lipinski definition) is 1. The number of aromatic nitrogens is 3. The van der Waals surface area contributed by atoms with E-state index in [2.05, 4.69) is 57.9 Å². The second kappa shape index (κ2) is 8.34. The summed E-state index contributed by atoms with van der Waals surface area (Å²) in [6, 6.07) is 12.3. The van der Waals surface area contributed by atoms with Gasteiger partial charge < -0.3 is 14.9 Å². The Hall–Kier alpha value is -3.48. The maximum Gasteiger partial charge on any atom is 0.337 e. The van der Waals surface area contributed by atoms with E-state index in [0.717, 1.165) is 53.9 Å². The molecule has 0 aliphatic carbocycles. The lowest BCUT2D eigenvalue weighted by atomic mass is 10.1. The fourth-order valence-corrected chi connectivity index (χ4v) is 4.16. The first-order valence-electron chi connectivity index (χ1n) is 10.5. The molecule has 0 radical (unpaired) electrons. The van der Waals surface area contributed by atoms with Crippen LogP contribution in [0.25, 0.3) is 11.3 Å². The van der Waals surface area contributed by atoms with E-state index in [1.165, 1.54) is 11.8 Å². The van der Waals surface area contributed by atoms with Crippen LogP contribution in [0.3, 0.4) is 0 Å². The number of aromatic carboxylic acids is 1. The van der Waals surface area contributed by atoms with Gasteiger partial charge in [-0.3, -0.25) is 0 Å². The molecule has 0 amide bonds. The molecule has 1 N–H and O–H groups in total. The van der Waals surface area contributed by atoms with Crippen molar-refractivity contribution in [2.75, 3.05) is 29.4 Å². The Bertz CT molecular complexity index is 1130. The smallest absolute Gasteiger partial charge is 0.337 e. The van der Waals surface area contributed by atoms with Gasteiger partial charge in [0.1, 0.15) is 17.5 Å². The molecule has 1 aromatic carbocycles. The molecule has 0 bridgehead atoms. The average molecular weight is 418 g/mol. The number of pyridine rings is 1. The van der Waals surface area contributed by atoms with Gasteiger partial charge in [0.2, 0.25) is 0 Å². The Morgan fingerprint density at radius 3 is 2.58 bits per heavy atom. The highest BCUT2D eigenvalue weighted by Crippen LogP contribution is 2.27. The van der Waals surface area contributed by atoms with Gasteiger partial charge in [0.25, 0.3) is 0 Å². The predicted octanol–water partition coefficient (Wildman–Crippen LogP) is 3.88. The van der Waals surface area contributed by atoms with Gasteiger partial charge in [-0.1, -0.05) is 23.8 Å². The zero-order valence-corrected chi connectivity index (χ0v) is 18.3. The number of piperazine rings is 1. The molecule has 7 heteroatoms. The molecule has 0 spiro atoms. The third kappa shape index (κ3) is 4.35. The van der Waals surface area contributed by atoms with Crippen LogP contribution < -0.4 is 9.80 Å². The van der Waals surface area contributed by atoms with Gasteiger partial charge >= 0.3 is 5.97 Å². The number of aryl methyl sites for hydroxylation is 3. The minimum atomic E-state index is -0.955. The average Bonchev–Trinajstić information content (AvgIpc) is 2.73. The summed E-state index contributed by atoms with van der Waals surface area (Å²) >= 11 is 0. The summed E-state index contributed by atoms with van der Waals surface area (Å²) in [5.74, 6) is 1.58. The van der Waals surface area contributed by atoms with Crippen LogP contribution in [0, 0.1) is 20.8 Å². The lowest BCUT2D eigenvalue weighted by Crippen LogP contribution is -2.53. The summed E-state index contributed by atoms with van der Waals surface area (Å²) in [4.78, 5) is 29.5. The standard InChI is InChI=1S/C24H27N5O2/c1-15-6-5-7-19(10-15)21-12-22(27-18(4)26-21)29-9-8-28(14-17(29)3)23-16(2)11-20(13-25-23)24(30)31/h5-7,10-13,17H,8-9,14H2,1-4H3,(H,30,31). The third-order valence-corrected chi connectivity index (χ3v) is 5.66. The van der Waals surface area contributed by atoms with E-state index >= 15 is 0 Å². The molecule has 3 aromatic rings. The van der Waals surface area contributed by atoms with E-state index < -0.39 is 5.97 Å². The molecule has 1 fully saturated rings. The summed E-state index contributed by atoms with van der Waals surface area (Å²) in [6.07, 6.45) is 1.43. The molecule has 1 unspecified atom stereocenters. The Balaban J connectivity index is 1.56. The molecule has 1 aliphatic rings. The van der Waals surface area contributed by atoms with Crippen LogP contribution in [0.5, 0.6) is 0 Å². The Labute approximate surface area is 182 Å². The number of anilines is 2. The number of nitrogens with zero attached hydrogens (tertiary/aromatic N) is 5. The minimum Gasteiger partial charge on any atom is -0.478 e. The number of rotatable bonds is 4. The van der Waals surface area contributed by atoms with Crippen molar-refractivity contribution in [1.29, 1.82) is 0 Å². The van der Waals surface area contributed by atoms with Crippen molar-refractivity contribution < 1.29 is 9.90 Å². The quantitative estimate of drug-likeness (QED) is 0.690. The SMILES string of the molecule is Cc1cccc(-c2cc(N3CCN(c4ncc(C(=O)O)cc4C)CC3C)nc(C)n2)c1. The third-order valence-electron chi connectivity index (χ3n) is 5.66. The maximum atomic E-state index is 11.2. The topological polar surface area (TPSA) is 82.5 Å². The summed E-state index contributed by atoms with van der Waals surface area (Å²) in [6.45, 7) is 10.5. The van der Waals surface area contributed by atoms with Crippen LogP contribution in [0.1, 0.15) is 34.2 Å². The number of carbonyl (C=O) groups is 1. The number of carboxylic acid groups (broad SMARTS) is 1. The zero-order chi connectivity index (χ0) is 22.1. The highest BCUT2D eigenvalue weighted by Gasteiger charge is 2.27. The molecule has 2 aromatic heterocycles. The lowest BCUT2D eigenvalue weighted by molar-refractivity contribution is 0.0696. The maximum absolute atomic E-state index is 11.2. The van der Waals surface area contributed by atoms with Crippen molar-refractivity contribution in [2.45, 2.75) is 33.7 Å². The van der Waals surface area contributed by atoms with Crippen molar-refractivity contribution in [3.8, 4) is 11.3 Å². The van der Waals surface area contributed by atoms with Crippen LogP contribution >= 0.6 is 0 Å². The number of hydrogen-bond acceptors (Lipinski definition) is 6. The number of carboxylic acids is 1. The van der Waals surface area contributed by atoms with Gasteiger partial charge in [-0.2, -0.15) is 0 Å². The number of benzene rings is 1. The Kier molecular flexibility index (Phi) is 5.59. The van der Waals surface area contributed by atoms with Crippen molar-refractivity contribution in [2.24, 2.45) is 0 Å². The molecule has 1 atom stereocenters. The van der Waals surface area contributed by atoms with Crippen LogP contribution in [0.4, 0.5) is 11.6 Å². The van der Waals surface area contributed by atoms with Gasteiger partial charge in [0.15, 0.2) is 0 Å². The molecule has 31 heavy (non-hydrogen) atoms. The normalized spacial score (nSPS) is 16.5. The summed E-state index contributed by atoms with van der Waals surface area (Å²) in [7, 11) is 0. The molecule has 1 aliphatic heterocycles. The Morgan fingerprint density at radius 1 is 1.10 bits per heavy atom. The molecule has 4 rings (SSSR count). The van der Waals surface area contributed by atoms with Crippen molar-refractivity contribution in [3.63, 3.8) is 0 Å². The highest BCUT2D eigenvalue weighted by molar-refractivity contribution is 5.87. The lowest BCUT2D eigenvalue weighted by Gasteiger charge is -2.41. The zero-order valence-electron chi connectivity index (χ0n) is 18.3.